The van der Waals surface area contributed by atoms with E-state index in [0.717, 1.165) is 27.3 Å². The lowest BCUT2D eigenvalue weighted by atomic mass is 10.1. The maximum Gasteiger partial charge on any atom is 0.265 e. The zero-order valence-electron chi connectivity index (χ0n) is 10.2. The second-order valence-electron chi connectivity index (χ2n) is 4.26. The largest absolute Gasteiger partial charge is 0.321 e. The first-order valence-corrected chi connectivity index (χ1v) is 6.38. The minimum Gasteiger partial charge on any atom is -0.321 e. The highest BCUT2D eigenvalue weighted by Gasteiger charge is 2.10. The van der Waals surface area contributed by atoms with Gasteiger partial charge in [0.2, 0.25) is 0 Å². The standard InChI is InChI=1S/C14H15NOS/c1-9-6-10(2)8-12(7-9)15-14(16)13-11(3)4-5-17-13/h4-8H,1-3H3,(H,15,16). The van der Waals surface area contributed by atoms with Gasteiger partial charge in [-0.05, 0) is 61.0 Å². The number of nitrogens with one attached hydrogen (secondary N) is 1. The maximum atomic E-state index is 12.0. The van der Waals surface area contributed by atoms with Crippen LogP contribution in [0.1, 0.15) is 26.4 Å². The third-order valence-electron chi connectivity index (χ3n) is 2.55. The number of thiophene rings is 1. The number of carbonyl (C=O) groups is 1. The molecule has 2 aromatic rings. The number of anilines is 1. The molecule has 0 aliphatic rings. The summed E-state index contributed by atoms with van der Waals surface area (Å²) in [7, 11) is 0. The summed E-state index contributed by atoms with van der Waals surface area (Å²) in [6, 6.07) is 8.01. The smallest absolute Gasteiger partial charge is 0.265 e. The second-order valence-corrected chi connectivity index (χ2v) is 5.18. The Hall–Kier alpha value is -1.61. The normalized spacial score (nSPS) is 10.3. The van der Waals surface area contributed by atoms with Crippen molar-refractivity contribution < 1.29 is 4.79 Å². The molecular formula is C14H15NOS. The topological polar surface area (TPSA) is 29.1 Å². The van der Waals surface area contributed by atoms with E-state index in [-0.39, 0.29) is 5.91 Å². The Morgan fingerprint density at radius 3 is 2.29 bits per heavy atom. The van der Waals surface area contributed by atoms with Gasteiger partial charge in [-0.15, -0.1) is 11.3 Å². The molecule has 17 heavy (non-hydrogen) atoms. The van der Waals surface area contributed by atoms with E-state index < -0.39 is 0 Å². The monoisotopic (exact) mass is 245 g/mol. The Morgan fingerprint density at radius 2 is 1.76 bits per heavy atom. The fourth-order valence-corrected chi connectivity index (χ4v) is 2.66. The highest BCUT2D eigenvalue weighted by atomic mass is 32.1. The van der Waals surface area contributed by atoms with Crippen molar-refractivity contribution in [3.05, 3.63) is 51.2 Å². The Labute approximate surface area is 105 Å². The average molecular weight is 245 g/mol. The summed E-state index contributed by atoms with van der Waals surface area (Å²) in [6.07, 6.45) is 0. The van der Waals surface area contributed by atoms with E-state index in [1.165, 1.54) is 11.3 Å². The quantitative estimate of drug-likeness (QED) is 0.853. The molecule has 0 radical (unpaired) electrons. The van der Waals surface area contributed by atoms with E-state index >= 15 is 0 Å². The molecule has 0 saturated heterocycles. The Kier molecular flexibility index (Phi) is 3.29. The van der Waals surface area contributed by atoms with Gasteiger partial charge in [-0.1, -0.05) is 6.07 Å². The summed E-state index contributed by atoms with van der Waals surface area (Å²) in [4.78, 5) is 12.8. The number of amides is 1. The maximum absolute atomic E-state index is 12.0. The molecule has 0 saturated carbocycles. The predicted octanol–water partition coefficient (Wildman–Crippen LogP) is 3.93. The van der Waals surface area contributed by atoms with Crippen LogP contribution in [-0.4, -0.2) is 5.91 Å². The van der Waals surface area contributed by atoms with Gasteiger partial charge in [0, 0.05) is 5.69 Å². The van der Waals surface area contributed by atoms with Crippen LogP contribution in [0.15, 0.2) is 29.6 Å². The second kappa shape index (κ2) is 4.72. The van der Waals surface area contributed by atoms with Crippen molar-refractivity contribution in [3.8, 4) is 0 Å². The summed E-state index contributed by atoms with van der Waals surface area (Å²) in [5.41, 5.74) is 4.20. The lowest BCUT2D eigenvalue weighted by molar-refractivity contribution is 0.103. The minimum absolute atomic E-state index is 0.0255. The van der Waals surface area contributed by atoms with Crippen molar-refractivity contribution in [2.75, 3.05) is 5.32 Å². The van der Waals surface area contributed by atoms with E-state index in [0.29, 0.717) is 0 Å². The Balaban J connectivity index is 2.21. The summed E-state index contributed by atoms with van der Waals surface area (Å²) in [5.74, 6) is -0.0255. The third-order valence-corrected chi connectivity index (χ3v) is 3.56. The summed E-state index contributed by atoms with van der Waals surface area (Å²) in [5, 5.41) is 4.87. The molecule has 3 heteroatoms. The fourth-order valence-electron chi connectivity index (χ4n) is 1.84. The molecule has 0 fully saturated rings. The van der Waals surface area contributed by atoms with Gasteiger partial charge < -0.3 is 5.32 Å². The molecule has 0 bridgehead atoms. The molecular weight excluding hydrogens is 230 g/mol. The lowest BCUT2D eigenvalue weighted by Crippen LogP contribution is -2.11. The first kappa shape index (κ1) is 11.9. The molecule has 0 aliphatic carbocycles. The van der Waals surface area contributed by atoms with Gasteiger partial charge in [-0.2, -0.15) is 0 Å². The van der Waals surface area contributed by atoms with E-state index in [9.17, 15) is 4.79 Å². The SMILES string of the molecule is Cc1cc(C)cc(NC(=O)c2sccc2C)c1. The van der Waals surface area contributed by atoms with Gasteiger partial charge >= 0.3 is 0 Å². The van der Waals surface area contributed by atoms with Gasteiger partial charge in [0.15, 0.2) is 0 Å². The van der Waals surface area contributed by atoms with E-state index in [1.807, 2.05) is 44.4 Å². The van der Waals surface area contributed by atoms with Crippen LogP contribution < -0.4 is 5.32 Å². The van der Waals surface area contributed by atoms with Crippen LogP contribution in [-0.2, 0) is 0 Å². The van der Waals surface area contributed by atoms with Gasteiger partial charge in [0.05, 0.1) is 4.88 Å². The molecule has 1 amide bonds. The fraction of sp³-hybridized carbons (Fsp3) is 0.214. The van der Waals surface area contributed by atoms with E-state index in [2.05, 4.69) is 11.4 Å². The van der Waals surface area contributed by atoms with Crippen molar-refractivity contribution in [3.63, 3.8) is 0 Å². The van der Waals surface area contributed by atoms with Gasteiger partial charge in [0.1, 0.15) is 0 Å². The highest BCUT2D eigenvalue weighted by molar-refractivity contribution is 7.12. The first-order valence-electron chi connectivity index (χ1n) is 5.50. The average Bonchev–Trinajstić information content (AvgIpc) is 2.62. The van der Waals surface area contributed by atoms with Gasteiger partial charge in [-0.25, -0.2) is 0 Å². The summed E-state index contributed by atoms with van der Waals surface area (Å²) >= 11 is 1.47. The molecule has 1 aromatic carbocycles. The van der Waals surface area contributed by atoms with Crippen molar-refractivity contribution in [2.24, 2.45) is 0 Å². The number of carbonyl (C=O) groups excluding carboxylic acids is 1. The van der Waals surface area contributed by atoms with Crippen LogP contribution in [0, 0.1) is 20.8 Å². The lowest BCUT2D eigenvalue weighted by Gasteiger charge is -2.07. The third kappa shape index (κ3) is 2.74. The van der Waals surface area contributed by atoms with Crippen LogP contribution in [0.3, 0.4) is 0 Å². The van der Waals surface area contributed by atoms with Crippen molar-refractivity contribution in [2.45, 2.75) is 20.8 Å². The number of hydrogen-bond donors (Lipinski definition) is 1. The molecule has 2 rings (SSSR count). The molecule has 1 heterocycles. The van der Waals surface area contributed by atoms with E-state index in [4.69, 9.17) is 0 Å². The van der Waals surface area contributed by atoms with Crippen LogP contribution in [0.5, 0.6) is 0 Å². The summed E-state index contributed by atoms with van der Waals surface area (Å²) < 4.78 is 0. The Bertz CT molecular complexity index is 537. The Morgan fingerprint density at radius 1 is 1.12 bits per heavy atom. The summed E-state index contributed by atoms with van der Waals surface area (Å²) in [6.45, 7) is 6.00. The molecule has 1 aromatic heterocycles. The molecule has 88 valence electrons. The predicted molar refractivity (Wildman–Crippen MR) is 72.9 cm³/mol. The number of hydrogen-bond acceptors (Lipinski definition) is 2. The van der Waals surface area contributed by atoms with Gasteiger partial charge in [0.25, 0.3) is 5.91 Å². The van der Waals surface area contributed by atoms with E-state index in [1.54, 1.807) is 0 Å². The zero-order chi connectivity index (χ0) is 12.4. The highest BCUT2D eigenvalue weighted by Crippen LogP contribution is 2.19. The first-order chi connectivity index (χ1) is 8.06. The number of benzene rings is 1. The zero-order valence-corrected chi connectivity index (χ0v) is 11.0. The van der Waals surface area contributed by atoms with Crippen molar-refractivity contribution in [1.29, 1.82) is 0 Å². The molecule has 1 N–H and O–H groups in total. The van der Waals surface area contributed by atoms with Crippen LogP contribution >= 0.6 is 11.3 Å². The van der Waals surface area contributed by atoms with Gasteiger partial charge in [-0.3, -0.25) is 4.79 Å². The molecule has 0 aliphatic heterocycles. The molecule has 0 atom stereocenters. The number of aryl methyl sites for hydroxylation is 3. The minimum atomic E-state index is -0.0255. The molecule has 2 nitrogen and oxygen atoms in total. The van der Waals surface area contributed by atoms with Crippen molar-refractivity contribution in [1.82, 2.24) is 0 Å². The number of rotatable bonds is 2. The van der Waals surface area contributed by atoms with Crippen LogP contribution in [0.25, 0.3) is 0 Å². The molecule has 0 unspecified atom stereocenters. The van der Waals surface area contributed by atoms with Crippen LogP contribution in [0.2, 0.25) is 0 Å². The molecule has 0 spiro atoms. The van der Waals surface area contributed by atoms with Crippen molar-refractivity contribution >= 4 is 22.9 Å². The van der Waals surface area contributed by atoms with Crippen LogP contribution in [0.4, 0.5) is 5.69 Å².